The molecular formula is C56H96O6. The predicted octanol–water partition coefficient (Wildman–Crippen LogP) is 11.7. The molecule has 0 aromatic heterocycles. The van der Waals surface area contributed by atoms with Crippen molar-refractivity contribution in [2.45, 2.75) is 246 Å². The number of rotatable bonds is 10. The van der Waals surface area contributed by atoms with Crippen molar-refractivity contribution >= 4 is 0 Å². The third-order valence-corrected chi connectivity index (χ3v) is 21.8. The summed E-state index contributed by atoms with van der Waals surface area (Å²) < 4.78 is 0. The van der Waals surface area contributed by atoms with Gasteiger partial charge in [0.15, 0.2) is 0 Å². The molecule has 8 rings (SSSR count). The summed E-state index contributed by atoms with van der Waals surface area (Å²) in [6.07, 6.45) is 24.5. The highest BCUT2D eigenvalue weighted by atomic mass is 16.3. The van der Waals surface area contributed by atoms with Crippen molar-refractivity contribution in [3.63, 3.8) is 0 Å². The zero-order valence-corrected chi connectivity index (χ0v) is 41.9. The quantitative estimate of drug-likeness (QED) is 0.122. The van der Waals surface area contributed by atoms with Crippen LogP contribution in [0.5, 0.6) is 0 Å². The van der Waals surface area contributed by atoms with Crippen LogP contribution in [0, 0.1) is 80.8 Å². The van der Waals surface area contributed by atoms with E-state index < -0.39 is 22.4 Å². The van der Waals surface area contributed by atoms with Gasteiger partial charge in [-0.05, 0) is 237 Å². The third-order valence-electron chi connectivity index (χ3n) is 21.8. The van der Waals surface area contributed by atoms with Gasteiger partial charge in [-0.15, -0.1) is 0 Å². The lowest BCUT2D eigenvalue weighted by Crippen LogP contribution is -2.56. The van der Waals surface area contributed by atoms with Crippen molar-refractivity contribution in [1.82, 2.24) is 0 Å². The second kappa shape index (κ2) is 17.1. The minimum atomic E-state index is -0.582. The molecule has 8 aliphatic carbocycles. The Labute approximate surface area is 379 Å². The van der Waals surface area contributed by atoms with Crippen LogP contribution in [0.1, 0.15) is 212 Å². The van der Waals surface area contributed by atoms with E-state index in [-0.39, 0.29) is 23.0 Å². The fourth-order valence-electron chi connectivity index (χ4n) is 17.5. The average molecular weight is 865 g/mol. The Morgan fingerprint density at radius 2 is 0.903 bits per heavy atom. The molecule has 6 fully saturated rings. The summed E-state index contributed by atoms with van der Waals surface area (Å²) in [6, 6.07) is 0. The summed E-state index contributed by atoms with van der Waals surface area (Å²) in [5.41, 5.74) is 1.29. The van der Waals surface area contributed by atoms with Gasteiger partial charge in [-0.2, -0.15) is 0 Å². The van der Waals surface area contributed by atoms with E-state index in [2.05, 4.69) is 67.5 Å². The first-order chi connectivity index (χ1) is 28.7. The van der Waals surface area contributed by atoms with E-state index in [1.54, 1.807) is 0 Å². The standard InChI is InChI=1S/2C28H48O3/c2*1-7-28(31)15-14-26(5)19(17-28)16-23(29)24-21-9-8-20(18(2)10-12-25(3,4)30)27(21,6)13-11-22(24)26/h2*16,18,20-24,29-31H,7-15,17H2,1-6H3/t2*18-,20-,21+,22+,23-,24+,26+,27-,28+/m11/s1. The highest BCUT2D eigenvalue weighted by Gasteiger charge is 2.63. The molecule has 6 N–H and O–H groups in total. The highest BCUT2D eigenvalue weighted by Crippen LogP contribution is 2.70. The van der Waals surface area contributed by atoms with Gasteiger partial charge in [-0.25, -0.2) is 0 Å². The first kappa shape index (κ1) is 49.2. The fraction of sp³-hybridized carbons (Fsp3) is 0.929. The average Bonchev–Trinajstić information content (AvgIpc) is 3.74. The molecule has 0 aromatic rings. The second-order valence-electron chi connectivity index (χ2n) is 26.4. The van der Waals surface area contributed by atoms with E-state index >= 15 is 0 Å². The molecule has 0 bridgehead atoms. The molecule has 0 heterocycles. The lowest BCUT2D eigenvalue weighted by atomic mass is 9.45. The molecular weight excluding hydrogens is 769 g/mol. The Bertz CT molecular complexity index is 1540. The lowest BCUT2D eigenvalue weighted by molar-refractivity contribution is -0.108. The molecule has 18 atom stereocenters. The van der Waals surface area contributed by atoms with Gasteiger partial charge in [-0.1, -0.05) is 78.7 Å². The first-order valence-electron chi connectivity index (χ1n) is 26.3. The Balaban J connectivity index is 0.000000186. The van der Waals surface area contributed by atoms with Gasteiger partial charge in [0.1, 0.15) is 0 Å². The minimum Gasteiger partial charge on any atom is -0.390 e. The highest BCUT2D eigenvalue weighted by molar-refractivity contribution is 5.31. The predicted molar refractivity (Wildman–Crippen MR) is 253 cm³/mol. The minimum absolute atomic E-state index is 0.150. The van der Waals surface area contributed by atoms with Crippen LogP contribution in [0.3, 0.4) is 0 Å². The van der Waals surface area contributed by atoms with Crippen molar-refractivity contribution in [2.75, 3.05) is 0 Å². The van der Waals surface area contributed by atoms with Crippen molar-refractivity contribution in [3.8, 4) is 0 Å². The van der Waals surface area contributed by atoms with E-state index in [1.807, 2.05) is 27.7 Å². The molecule has 0 aromatic carbocycles. The van der Waals surface area contributed by atoms with Gasteiger partial charge in [0.05, 0.1) is 34.6 Å². The molecule has 356 valence electrons. The van der Waals surface area contributed by atoms with Crippen LogP contribution < -0.4 is 0 Å². The van der Waals surface area contributed by atoms with Gasteiger partial charge in [0, 0.05) is 0 Å². The molecule has 62 heavy (non-hydrogen) atoms. The molecule has 0 unspecified atom stereocenters. The van der Waals surface area contributed by atoms with Crippen LogP contribution in [0.4, 0.5) is 0 Å². The SMILES string of the molecule is CC[C@]1(O)CC[C@@]2(C)C(=C[C@@H](O)[C@H]3[C@@H]4CC[C@H]([C@H](C)CCC(C)(C)O)[C@@]4(C)CC[C@@H]32)C1.CC[C@]1(O)CC[C@@]2(C)C(=C[C@@H](O)[C@H]3[C@@H]4CC[C@H]([C@H](C)CCC(C)(C)O)[C@@]4(C)CC[C@@H]32)C1. The lowest BCUT2D eigenvalue weighted by Gasteiger charge is -2.60. The van der Waals surface area contributed by atoms with E-state index in [9.17, 15) is 30.6 Å². The van der Waals surface area contributed by atoms with Gasteiger partial charge in [0.2, 0.25) is 0 Å². The maximum Gasteiger partial charge on any atom is 0.0757 e. The Hall–Kier alpha value is -0.760. The zero-order valence-electron chi connectivity index (χ0n) is 41.9. The summed E-state index contributed by atoms with van der Waals surface area (Å²) in [4.78, 5) is 0. The maximum absolute atomic E-state index is 11.4. The summed E-state index contributed by atoms with van der Waals surface area (Å²) >= 11 is 0. The smallest absolute Gasteiger partial charge is 0.0757 e. The van der Waals surface area contributed by atoms with E-state index in [0.717, 1.165) is 77.0 Å². The summed E-state index contributed by atoms with van der Waals surface area (Å²) in [6.45, 7) is 26.6. The third kappa shape index (κ3) is 8.78. The van der Waals surface area contributed by atoms with Crippen LogP contribution in [-0.2, 0) is 0 Å². The molecule has 0 aliphatic heterocycles. The number of aliphatic hydroxyl groups excluding tert-OH is 2. The van der Waals surface area contributed by atoms with Crippen LogP contribution >= 0.6 is 0 Å². The van der Waals surface area contributed by atoms with Crippen LogP contribution in [0.15, 0.2) is 23.3 Å². The van der Waals surface area contributed by atoms with Crippen LogP contribution in [0.25, 0.3) is 0 Å². The normalized spacial score (nSPS) is 48.4. The number of hydrogen-bond donors (Lipinski definition) is 6. The maximum atomic E-state index is 11.4. The molecule has 0 saturated heterocycles. The Morgan fingerprint density at radius 3 is 1.23 bits per heavy atom. The first-order valence-corrected chi connectivity index (χ1v) is 26.3. The van der Waals surface area contributed by atoms with Gasteiger partial charge >= 0.3 is 0 Å². The monoisotopic (exact) mass is 865 g/mol. The van der Waals surface area contributed by atoms with Crippen LogP contribution in [-0.4, -0.2) is 65.3 Å². The van der Waals surface area contributed by atoms with Gasteiger partial charge in [0.25, 0.3) is 0 Å². The van der Waals surface area contributed by atoms with E-state index in [4.69, 9.17) is 0 Å². The molecule has 0 spiro atoms. The summed E-state index contributed by atoms with van der Waals surface area (Å²) in [5.74, 6) is 5.66. The van der Waals surface area contributed by atoms with Gasteiger partial charge in [-0.3, -0.25) is 0 Å². The molecule has 6 nitrogen and oxygen atoms in total. The van der Waals surface area contributed by atoms with Crippen molar-refractivity contribution in [1.29, 1.82) is 0 Å². The van der Waals surface area contributed by atoms with E-state index in [0.29, 0.717) is 70.0 Å². The zero-order chi connectivity index (χ0) is 45.6. The van der Waals surface area contributed by atoms with Crippen molar-refractivity contribution in [3.05, 3.63) is 23.3 Å². The molecule has 0 radical (unpaired) electrons. The van der Waals surface area contributed by atoms with Crippen molar-refractivity contribution in [2.24, 2.45) is 80.8 Å². The van der Waals surface area contributed by atoms with Crippen LogP contribution in [0.2, 0.25) is 0 Å². The summed E-state index contributed by atoms with van der Waals surface area (Å²) in [5, 5.41) is 65.2. The Kier molecular flexibility index (Phi) is 13.5. The van der Waals surface area contributed by atoms with Gasteiger partial charge < -0.3 is 30.6 Å². The number of fused-ring (bicyclic) bond motifs is 10. The second-order valence-corrected chi connectivity index (χ2v) is 26.4. The molecule has 6 heteroatoms. The van der Waals surface area contributed by atoms with E-state index in [1.165, 1.54) is 62.5 Å². The molecule has 8 aliphatic rings. The summed E-state index contributed by atoms with van der Waals surface area (Å²) in [7, 11) is 0. The fourth-order valence-corrected chi connectivity index (χ4v) is 17.5. The molecule has 6 saturated carbocycles. The number of hydrogen-bond acceptors (Lipinski definition) is 6. The molecule has 0 amide bonds. The number of aliphatic hydroxyl groups is 6. The Morgan fingerprint density at radius 1 is 0.548 bits per heavy atom. The topological polar surface area (TPSA) is 121 Å². The van der Waals surface area contributed by atoms with Crippen molar-refractivity contribution < 1.29 is 30.6 Å². The largest absolute Gasteiger partial charge is 0.390 e.